The fraction of sp³-hybridized carbons (Fsp3) is 0.433. The zero-order valence-electron chi connectivity index (χ0n) is 48.3. The lowest BCUT2D eigenvalue weighted by Gasteiger charge is -2.29. The van der Waals surface area contributed by atoms with E-state index >= 15 is 0 Å². The number of ether oxygens (including phenoxy) is 8. The summed E-state index contributed by atoms with van der Waals surface area (Å²) in [7, 11) is 0. The lowest BCUT2D eigenvalue weighted by Crippen LogP contribution is -2.47. The minimum Gasteiger partial charge on any atom is -0.461 e. The highest BCUT2D eigenvalue weighted by atomic mass is 16.6. The zero-order chi connectivity index (χ0) is 61.4. The molecule has 86 heavy (non-hydrogen) atoms. The van der Waals surface area contributed by atoms with E-state index in [4.69, 9.17) is 47.9 Å². The Labute approximate surface area is 493 Å². The number of para-hydroxylation sites is 2. The van der Waals surface area contributed by atoms with Crippen molar-refractivity contribution < 1.29 is 76.9 Å². The number of hydrogen-bond donors (Lipinski definition) is 6. The Kier molecular flexibility index (Phi) is 21.7. The predicted octanol–water partition coefficient (Wildman–Crippen LogP) is 2.94. The van der Waals surface area contributed by atoms with Crippen molar-refractivity contribution in [1.82, 2.24) is 40.4 Å². The molecule has 0 spiro atoms. The van der Waals surface area contributed by atoms with Crippen LogP contribution in [0.15, 0.2) is 82.4 Å². The molecule has 0 unspecified atom stereocenters. The second kappa shape index (κ2) is 29.4. The standard InChI is InChI=1S/C60H70N8O18/c1-5-59(77,45-31-49-51-41(29-39-11-7-9-13-47(39)65-51)33-67(49)53(71)43(45)35-85-37(3)69)55(73)61-15-19-79-23-25-81-21-17-63-57(75)83-27-28-84-58(76)64-18-22-82-26-24-80-20-16-62-56(74)60(78,6-2)46-32-50-52-42(30-40-12-8-10-14-48(40)66-52)34-68(50)54(72)44(46)36-86-38(4)70/h7-14,29-32,77-78H,5-6,15-28,33-36H2,1-4H3,(H,61,73)(H,62,74)(H,63,75)(H,64,76)/t59-,60-/m0/s1. The molecule has 26 nitrogen and oxygen atoms in total. The van der Waals surface area contributed by atoms with Crippen LogP contribution in [0.1, 0.15) is 73.9 Å². The first-order valence-electron chi connectivity index (χ1n) is 28.2. The number of nitrogens with zero attached hydrogens (tertiary/aromatic N) is 4. The molecule has 4 amide bonds. The number of hydrogen-bond acceptors (Lipinski definition) is 20. The third kappa shape index (κ3) is 15.0. The smallest absolute Gasteiger partial charge is 0.407 e. The van der Waals surface area contributed by atoms with Crippen LogP contribution in [0.3, 0.4) is 0 Å². The van der Waals surface area contributed by atoms with Crippen LogP contribution >= 0.6 is 0 Å². The van der Waals surface area contributed by atoms with Crippen molar-refractivity contribution in [2.75, 3.05) is 92.2 Å². The molecule has 0 saturated heterocycles. The van der Waals surface area contributed by atoms with Gasteiger partial charge in [-0.25, -0.2) is 19.6 Å². The van der Waals surface area contributed by atoms with E-state index in [1.54, 1.807) is 26.0 Å². The number of benzene rings is 2. The highest BCUT2D eigenvalue weighted by Gasteiger charge is 2.42. The van der Waals surface area contributed by atoms with Gasteiger partial charge in [0, 0.05) is 73.1 Å². The van der Waals surface area contributed by atoms with Crippen LogP contribution in [0.25, 0.3) is 44.6 Å². The number of aromatic nitrogens is 4. The first-order valence-corrected chi connectivity index (χ1v) is 28.2. The Morgan fingerprint density at radius 2 is 0.860 bits per heavy atom. The van der Waals surface area contributed by atoms with Crippen LogP contribution in [0.4, 0.5) is 9.59 Å². The third-order valence-electron chi connectivity index (χ3n) is 14.4. The molecule has 458 valence electrons. The van der Waals surface area contributed by atoms with E-state index in [0.29, 0.717) is 22.8 Å². The Morgan fingerprint density at radius 3 is 1.22 bits per heavy atom. The summed E-state index contributed by atoms with van der Waals surface area (Å²) in [6.07, 6.45) is -1.73. The van der Waals surface area contributed by atoms with Crippen molar-refractivity contribution in [3.8, 4) is 22.8 Å². The molecule has 0 aliphatic carbocycles. The van der Waals surface area contributed by atoms with E-state index in [-0.39, 0.29) is 140 Å². The van der Waals surface area contributed by atoms with Crippen molar-refractivity contribution in [3.63, 3.8) is 0 Å². The van der Waals surface area contributed by atoms with Crippen LogP contribution in [-0.4, -0.2) is 158 Å². The van der Waals surface area contributed by atoms with Gasteiger partial charge in [0.25, 0.3) is 22.9 Å². The number of amides is 4. The third-order valence-corrected chi connectivity index (χ3v) is 14.4. The molecule has 0 fully saturated rings. The molecule has 0 saturated carbocycles. The minimum absolute atomic E-state index is 0.0104. The van der Waals surface area contributed by atoms with Crippen molar-refractivity contribution in [2.24, 2.45) is 0 Å². The highest BCUT2D eigenvalue weighted by molar-refractivity contribution is 5.90. The Morgan fingerprint density at radius 1 is 0.500 bits per heavy atom. The minimum atomic E-state index is -2.17. The second-order valence-corrected chi connectivity index (χ2v) is 20.1. The summed E-state index contributed by atoms with van der Waals surface area (Å²) in [5, 5.41) is 36.0. The number of aliphatic hydroxyl groups is 2. The monoisotopic (exact) mass is 1190 g/mol. The van der Waals surface area contributed by atoms with Crippen molar-refractivity contribution >= 4 is 57.7 Å². The van der Waals surface area contributed by atoms with E-state index in [1.165, 1.54) is 23.0 Å². The average Bonchev–Trinajstić information content (AvgIpc) is 3.36. The van der Waals surface area contributed by atoms with E-state index in [2.05, 4.69) is 21.3 Å². The van der Waals surface area contributed by atoms with Crippen LogP contribution in [-0.2, 0) is 94.6 Å². The van der Waals surface area contributed by atoms with Crippen molar-refractivity contribution in [1.29, 1.82) is 0 Å². The van der Waals surface area contributed by atoms with E-state index in [9.17, 15) is 48.6 Å². The molecule has 4 aromatic heterocycles. The fourth-order valence-electron chi connectivity index (χ4n) is 9.97. The Balaban J connectivity index is 0.645. The van der Waals surface area contributed by atoms with E-state index in [1.807, 2.05) is 60.7 Å². The number of carbonyl (C=O) groups excluding carboxylic acids is 6. The largest absolute Gasteiger partial charge is 0.461 e. The maximum atomic E-state index is 14.0. The number of nitrogens with one attached hydrogen (secondary N) is 4. The zero-order valence-corrected chi connectivity index (χ0v) is 48.3. The van der Waals surface area contributed by atoms with Crippen molar-refractivity contribution in [2.45, 2.75) is 78.0 Å². The van der Waals surface area contributed by atoms with Crippen molar-refractivity contribution in [3.05, 3.63) is 127 Å². The maximum Gasteiger partial charge on any atom is 0.407 e. The molecule has 0 radical (unpaired) electrons. The predicted molar refractivity (Wildman–Crippen MR) is 308 cm³/mol. The van der Waals surface area contributed by atoms with Gasteiger partial charge in [0.15, 0.2) is 11.2 Å². The molecule has 0 bridgehead atoms. The molecule has 26 heteroatoms. The second-order valence-electron chi connectivity index (χ2n) is 20.1. The van der Waals surface area contributed by atoms with Crippen LogP contribution in [0.5, 0.6) is 0 Å². The Hall–Kier alpha value is -8.66. The molecule has 6 aromatic rings. The molecular formula is C60H70N8O18. The number of rotatable bonds is 31. The average molecular weight is 1190 g/mol. The lowest BCUT2D eigenvalue weighted by molar-refractivity contribution is -0.144. The van der Waals surface area contributed by atoms with Gasteiger partial charge >= 0.3 is 24.1 Å². The summed E-state index contributed by atoms with van der Waals surface area (Å²) >= 11 is 0. The van der Waals surface area contributed by atoms with Crippen LogP contribution in [0, 0.1) is 0 Å². The van der Waals surface area contributed by atoms with Gasteiger partial charge < -0.3 is 78.5 Å². The molecule has 2 aromatic carbocycles. The molecule has 6 heterocycles. The topological polar surface area (TPSA) is 335 Å². The molecule has 2 atom stereocenters. The van der Waals surface area contributed by atoms with E-state index < -0.39 is 71.5 Å². The number of fused-ring (bicyclic) bond motifs is 8. The van der Waals surface area contributed by atoms with Gasteiger partial charge in [-0.1, -0.05) is 50.2 Å². The first-order chi connectivity index (χ1) is 41.5. The number of carbonyl (C=O) groups is 6. The first kappa shape index (κ1) is 63.4. The van der Waals surface area contributed by atoms with E-state index in [0.717, 1.165) is 32.9 Å². The molecular weight excluding hydrogens is 1120 g/mol. The number of alkyl carbamates (subject to hydrolysis) is 2. The van der Waals surface area contributed by atoms with Gasteiger partial charge in [-0.2, -0.15) is 0 Å². The summed E-state index contributed by atoms with van der Waals surface area (Å²) in [6, 6.07) is 22.1. The summed E-state index contributed by atoms with van der Waals surface area (Å²) < 4.78 is 45.5. The molecule has 2 aliphatic rings. The molecule has 6 N–H and O–H groups in total. The summed E-state index contributed by atoms with van der Waals surface area (Å²) in [5.74, 6) is -2.82. The van der Waals surface area contributed by atoms with Gasteiger partial charge in [-0.05, 0) is 49.2 Å². The molecule has 2 aliphatic heterocycles. The lowest BCUT2D eigenvalue weighted by atomic mass is 9.86. The van der Waals surface area contributed by atoms with Crippen LogP contribution in [0.2, 0.25) is 0 Å². The van der Waals surface area contributed by atoms with Gasteiger partial charge in [-0.15, -0.1) is 0 Å². The Bertz CT molecular complexity index is 3380. The van der Waals surface area contributed by atoms with Gasteiger partial charge in [-0.3, -0.25) is 28.8 Å². The van der Waals surface area contributed by atoms with Gasteiger partial charge in [0.1, 0.15) is 26.4 Å². The highest BCUT2D eigenvalue weighted by Crippen LogP contribution is 2.38. The van der Waals surface area contributed by atoms with Crippen LogP contribution < -0.4 is 32.4 Å². The number of esters is 2. The summed E-state index contributed by atoms with van der Waals surface area (Å²) in [6.45, 7) is 5.92. The summed E-state index contributed by atoms with van der Waals surface area (Å²) in [4.78, 5) is 113. The maximum absolute atomic E-state index is 14.0. The molecule has 8 rings (SSSR count). The normalized spacial score (nSPS) is 13.3. The summed E-state index contributed by atoms with van der Waals surface area (Å²) in [5.41, 5.74) is -0.396. The SMILES string of the molecule is CC[C@@](O)(C(=O)NCCOCCOCCNC(=O)OCCOC(=O)NCCOCCOCCNC(=O)[C@](O)(CC)c1cc2n(c(=O)c1COC(C)=O)Cc1cc3ccccc3nc1-2)c1cc2n(c(=O)c1COC(C)=O)Cc1cc3ccccc3nc1-2. The van der Waals surface area contributed by atoms with Gasteiger partial charge in [0.2, 0.25) is 0 Å². The number of pyridine rings is 4. The quantitative estimate of drug-likeness (QED) is 0.0207. The van der Waals surface area contributed by atoms with Gasteiger partial charge in [0.05, 0.1) is 111 Å². The fourth-order valence-corrected chi connectivity index (χ4v) is 9.97.